The van der Waals surface area contributed by atoms with Crippen LogP contribution in [0.2, 0.25) is 0 Å². The van der Waals surface area contributed by atoms with Gasteiger partial charge in [0.25, 0.3) is 0 Å². The van der Waals surface area contributed by atoms with E-state index in [1.54, 1.807) is 0 Å². The molecule has 0 fully saturated rings. The smallest absolute Gasteiger partial charge is 0.328 e. The molecule has 0 radical (unpaired) electrons. The number of nitrogens with two attached hydrogens (primary N) is 1. The number of carbonyl (C=O) groups excluding carboxylic acids is 1. The topological polar surface area (TPSA) is 164 Å². The van der Waals surface area contributed by atoms with Crippen molar-refractivity contribution in [1.82, 2.24) is 20.8 Å². The summed E-state index contributed by atoms with van der Waals surface area (Å²) < 4.78 is 5.32. The largest absolute Gasteiger partial charge is 0.480 e. The van der Waals surface area contributed by atoms with E-state index in [1.807, 2.05) is 13.8 Å². The summed E-state index contributed by atoms with van der Waals surface area (Å²) in [5.41, 5.74) is 5.89. The van der Waals surface area contributed by atoms with E-state index in [2.05, 4.69) is 20.8 Å². The van der Waals surface area contributed by atoms with Gasteiger partial charge in [-0.15, -0.1) is 10.2 Å². The van der Waals surface area contributed by atoms with Crippen LogP contribution in [0.3, 0.4) is 0 Å². The van der Waals surface area contributed by atoms with Crippen molar-refractivity contribution in [1.29, 1.82) is 0 Å². The molecule has 6 N–H and O–H groups in total. The molecule has 0 aliphatic rings. The maximum absolute atomic E-state index is 11.5. The minimum absolute atomic E-state index is 0.0784. The predicted molar refractivity (Wildman–Crippen MR) is 74.6 cm³/mol. The number of rotatable bonds is 8. The van der Waals surface area contributed by atoms with Crippen LogP contribution in [0.1, 0.15) is 38.1 Å². The SMILES string of the molecule is CC(C)CC(N)c1nnc(CNC(=O)NC(CO)C(=O)O)o1. The molecule has 1 aromatic heterocycles. The molecular formula is C12H21N5O5. The molecule has 0 aromatic carbocycles. The summed E-state index contributed by atoms with van der Waals surface area (Å²) in [6.07, 6.45) is 0.687. The number of nitrogens with zero attached hydrogens (tertiary/aromatic N) is 2. The average Bonchev–Trinajstić information content (AvgIpc) is 2.90. The first-order valence-corrected chi connectivity index (χ1v) is 6.79. The van der Waals surface area contributed by atoms with Crippen LogP contribution in [0.15, 0.2) is 4.42 Å². The van der Waals surface area contributed by atoms with E-state index in [0.29, 0.717) is 12.3 Å². The zero-order chi connectivity index (χ0) is 16.7. The van der Waals surface area contributed by atoms with Crippen molar-refractivity contribution < 1.29 is 24.2 Å². The number of carbonyl (C=O) groups is 2. The zero-order valence-electron chi connectivity index (χ0n) is 12.4. The Hall–Kier alpha value is -2.20. The van der Waals surface area contributed by atoms with E-state index in [1.165, 1.54) is 0 Å². The van der Waals surface area contributed by atoms with Gasteiger partial charge in [0.15, 0.2) is 6.04 Å². The molecule has 0 saturated heterocycles. The van der Waals surface area contributed by atoms with Gasteiger partial charge in [-0.1, -0.05) is 13.8 Å². The van der Waals surface area contributed by atoms with Crippen molar-refractivity contribution >= 4 is 12.0 Å². The molecule has 10 nitrogen and oxygen atoms in total. The molecule has 0 saturated carbocycles. The van der Waals surface area contributed by atoms with Crippen LogP contribution >= 0.6 is 0 Å². The first-order chi connectivity index (χ1) is 10.3. The molecule has 10 heteroatoms. The molecule has 1 aromatic rings. The van der Waals surface area contributed by atoms with Crippen LogP contribution < -0.4 is 16.4 Å². The van der Waals surface area contributed by atoms with E-state index in [4.69, 9.17) is 20.4 Å². The van der Waals surface area contributed by atoms with Crippen LogP contribution in [-0.2, 0) is 11.3 Å². The van der Waals surface area contributed by atoms with Gasteiger partial charge >= 0.3 is 12.0 Å². The van der Waals surface area contributed by atoms with Crippen molar-refractivity contribution in [2.45, 2.75) is 38.9 Å². The van der Waals surface area contributed by atoms with Gasteiger partial charge in [-0.25, -0.2) is 9.59 Å². The van der Waals surface area contributed by atoms with E-state index in [9.17, 15) is 9.59 Å². The molecule has 2 atom stereocenters. The highest BCUT2D eigenvalue weighted by molar-refractivity contribution is 5.82. The van der Waals surface area contributed by atoms with Gasteiger partial charge < -0.3 is 31.0 Å². The Labute approximate surface area is 127 Å². The lowest BCUT2D eigenvalue weighted by molar-refractivity contribution is -0.140. The number of urea groups is 1. The van der Waals surface area contributed by atoms with Crippen LogP contribution in [0.4, 0.5) is 4.79 Å². The average molecular weight is 315 g/mol. The van der Waals surface area contributed by atoms with Crippen LogP contribution in [0.25, 0.3) is 0 Å². The predicted octanol–water partition coefficient (Wildman–Crippen LogP) is -0.640. The molecule has 2 amide bonds. The van der Waals surface area contributed by atoms with Crippen molar-refractivity contribution in [2.75, 3.05) is 6.61 Å². The normalized spacial score (nSPS) is 13.7. The Morgan fingerprint density at radius 2 is 2.05 bits per heavy atom. The molecule has 0 aliphatic heterocycles. The molecule has 0 spiro atoms. The Kier molecular flexibility index (Phi) is 6.73. The molecule has 124 valence electrons. The lowest BCUT2D eigenvalue weighted by Gasteiger charge is -2.11. The number of amides is 2. The monoisotopic (exact) mass is 315 g/mol. The summed E-state index contributed by atoms with van der Waals surface area (Å²) in [6, 6.07) is -2.52. The zero-order valence-corrected chi connectivity index (χ0v) is 12.4. The summed E-state index contributed by atoms with van der Waals surface area (Å²) in [7, 11) is 0. The quantitative estimate of drug-likeness (QED) is 0.423. The molecule has 22 heavy (non-hydrogen) atoms. The number of hydrogen-bond acceptors (Lipinski definition) is 7. The standard InChI is InChI=1S/C12H21N5O5/c1-6(2)3-7(13)10-17-16-9(22-10)4-14-12(21)15-8(5-18)11(19)20/h6-8,18H,3-5,13H2,1-2H3,(H,19,20)(H2,14,15,21). The van der Waals surface area contributed by atoms with Gasteiger partial charge in [0.2, 0.25) is 11.8 Å². The fraction of sp³-hybridized carbons (Fsp3) is 0.667. The minimum atomic E-state index is -1.38. The molecule has 0 aliphatic carbocycles. The summed E-state index contributed by atoms with van der Waals surface area (Å²) in [5.74, 6) is -0.525. The van der Waals surface area contributed by atoms with E-state index >= 15 is 0 Å². The molecular weight excluding hydrogens is 294 g/mol. The Morgan fingerprint density at radius 3 is 2.59 bits per heavy atom. The number of aliphatic hydroxyl groups is 1. The van der Waals surface area contributed by atoms with E-state index in [0.717, 1.165) is 0 Å². The summed E-state index contributed by atoms with van der Waals surface area (Å²) >= 11 is 0. The van der Waals surface area contributed by atoms with E-state index < -0.39 is 24.6 Å². The first-order valence-electron chi connectivity index (χ1n) is 6.79. The minimum Gasteiger partial charge on any atom is -0.480 e. The Balaban J connectivity index is 2.47. The van der Waals surface area contributed by atoms with Crippen molar-refractivity contribution in [3.63, 3.8) is 0 Å². The second-order valence-corrected chi connectivity index (χ2v) is 5.17. The van der Waals surface area contributed by atoms with E-state index in [-0.39, 0.29) is 24.4 Å². The molecule has 0 bridgehead atoms. The number of aliphatic carboxylic acids is 1. The van der Waals surface area contributed by atoms with Gasteiger partial charge in [-0.3, -0.25) is 0 Å². The van der Waals surface area contributed by atoms with Gasteiger partial charge in [0, 0.05) is 0 Å². The fourth-order valence-corrected chi connectivity index (χ4v) is 1.65. The maximum Gasteiger partial charge on any atom is 0.328 e. The molecule has 1 rings (SSSR count). The second kappa shape index (κ2) is 8.29. The number of aromatic nitrogens is 2. The number of aliphatic hydroxyl groups excluding tert-OH is 1. The molecule has 2 unspecified atom stereocenters. The van der Waals surface area contributed by atoms with Crippen molar-refractivity contribution in [3.8, 4) is 0 Å². The highest BCUT2D eigenvalue weighted by atomic mass is 16.4. The summed E-state index contributed by atoms with van der Waals surface area (Å²) in [5, 5.41) is 29.5. The van der Waals surface area contributed by atoms with Crippen LogP contribution in [0.5, 0.6) is 0 Å². The Bertz CT molecular complexity index is 504. The van der Waals surface area contributed by atoms with Crippen LogP contribution in [-0.4, -0.2) is 45.1 Å². The first kappa shape index (κ1) is 17.9. The van der Waals surface area contributed by atoms with Crippen molar-refractivity contribution in [3.05, 3.63) is 11.8 Å². The van der Waals surface area contributed by atoms with Crippen molar-refractivity contribution in [2.24, 2.45) is 11.7 Å². The third-order valence-corrected chi connectivity index (χ3v) is 2.71. The number of hydrogen-bond donors (Lipinski definition) is 5. The second-order valence-electron chi connectivity index (χ2n) is 5.17. The number of carboxylic acid groups (broad SMARTS) is 1. The lowest BCUT2D eigenvalue weighted by atomic mass is 10.1. The van der Waals surface area contributed by atoms with Gasteiger partial charge in [0.1, 0.15) is 0 Å². The Morgan fingerprint density at radius 1 is 1.36 bits per heavy atom. The fourth-order valence-electron chi connectivity index (χ4n) is 1.65. The van der Waals surface area contributed by atoms with Crippen LogP contribution in [0, 0.1) is 5.92 Å². The lowest BCUT2D eigenvalue weighted by Crippen LogP contribution is -2.47. The third-order valence-electron chi connectivity index (χ3n) is 2.71. The summed E-state index contributed by atoms with van der Waals surface area (Å²) in [6.45, 7) is 3.24. The molecule has 1 heterocycles. The third kappa shape index (κ3) is 5.66. The summed E-state index contributed by atoms with van der Waals surface area (Å²) in [4.78, 5) is 22.1. The highest BCUT2D eigenvalue weighted by Crippen LogP contribution is 2.17. The number of carboxylic acids is 1. The maximum atomic E-state index is 11.5. The van der Waals surface area contributed by atoms with Gasteiger partial charge in [0.05, 0.1) is 19.2 Å². The highest BCUT2D eigenvalue weighted by Gasteiger charge is 2.19. The van der Waals surface area contributed by atoms with Gasteiger partial charge in [-0.05, 0) is 12.3 Å². The number of nitrogens with one attached hydrogen (secondary N) is 2. The van der Waals surface area contributed by atoms with Gasteiger partial charge in [-0.2, -0.15) is 0 Å².